The predicted molar refractivity (Wildman–Crippen MR) is 89.7 cm³/mol. The molecule has 112 valence electrons. The van der Waals surface area contributed by atoms with Crippen molar-refractivity contribution in [2.24, 2.45) is 0 Å². The lowest BCUT2D eigenvalue weighted by Crippen LogP contribution is -2.13. The summed E-state index contributed by atoms with van der Waals surface area (Å²) in [5, 5.41) is 2.92. The third-order valence-electron chi connectivity index (χ3n) is 3.44. The molecule has 0 saturated heterocycles. The molecule has 0 aliphatic carbocycles. The quantitative estimate of drug-likeness (QED) is 0.727. The lowest BCUT2D eigenvalue weighted by molar-refractivity contribution is 0.102. The fourth-order valence-electron chi connectivity index (χ4n) is 2.29. The molecule has 2 aromatic carbocycles. The van der Waals surface area contributed by atoms with Gasteiger partial charge in [0.05, 0.1) is 0 Å². The summed E-state index contributed by atoms with van der Waals surface area (Å²) in [5.41, 5.74) is 3.80. The summed E-state index contributed by atoms with van der Waals surface area (Å²) in [6.07, 6.45) is 1.99. The van der Waals surface area contributed by atoms with Crippen LogP contribution in [0.15, 0.2) is 45.7 Å². The second-order valence-corrected chi connectivity index (χ2v) is 5.93. The van der Waals surface area contributed by atoms with Gasteiger partial charge in [-0.05, 0) is 49.1 Å². The predicted octanol–water partition coefficient (Wildman–Crippen LogP) is 4.42. The number of rotatable bonds is 3. The molecule has 0 saturated carbocycles. The van der Waals surface area contributed by atoms with Crippen molar-refractivity contribution >= 4 is 34.5 Å². The number of nitrogens with one attached hydrogen (secondary N) is 1. The first-order valence-electron chi connectivity index (χ1n) is 6.90. The Labute approximate surface area is 132 Å². The fraction of sp³-hybridized carbons (Fsp3) is 0.176. The minimum Gasteiger partial charge on any atom is -0.441 e. The van der Waals surface area contributed by atoms with E-state index in [9.17, 15) is 4.79 Å². The highest BCUT2D eigenvalue weighted by molar-refractivity contribution is 7.98. The van der Waals surface area contributed by atoms with Crippen molar-refractivity contribution in [3.05, 3.63) is 53.4 Å². The third-order valence-corrected chi connectivity index (χ3v) is 4.17. The molecule has 0 aliphatic rings. The molecule has 5 heteroatoms. The number of carbonyl (C=O) groups is 1. The highest BCUT2D eigenvalue weighted by atomic mass is 32.2. The lowest BCUT2D eigenvalue weighted by Gasteiger charge is -2.09. The molecule has 0 radical (unpaired) electrons. The van der Waals surface area contributed by atoms with E-state index in [0.29, 0.717) is 17.1 Å². The molecule has 22 heavy (non-hydrogen) atoms. The Bertz CT molecular complexity index is 855. The van der Waals surface area contributed by atoms with E-state index in [0.717, 1.165) is 21.6 Å². The Morgan fingerprint density at radius 1 is 1.18 bits per heavy atom. The summed E-state index contributed by atoms with van der Waals surface area (Å²) in [6, 6.07) is 11.3. The number of amides is 1. The number of hydrogen-bond donors (Lipinski definition) is 1. The largest absolute Gasteiger partial charge is 0.441 e. The van der Waals surface area contributed by atoms with Gasteiger partial charge in [-0.3, -0.25) is 4.79 Å². The molecule has 0 aliphatic heterocycles. The SMILES string of the molecule is CSc1ccc(C)c(C(=O)Nc2ccc3oc(C)nc3c2)c1. The number of benzene rings is 2. The monoisotopic (exact) mass is 312 g/mol. The summed E-state index contributed by atoms with van der Waals surface area (Å²) < 4.78 is 5.44. The fourth-order valence-corrected chi connectivity index (χ4v) is 2.73. The van der Waals surface area contributed by atoms with Crippen molar-refractivity contribution in [3.63, 3.8) is 0 Å². The number of carbonyl (C=O) groups excluding carboxylic acids is 1. The molecule has 0 fully saturated rings. The van der Waals surface area contributed by atoms with Crippen LogP contribution in [0.25, 0.3) is 11.1 Å². The van der Waals surface area contributed by atoms with Crippen molar-refractivity contribution in [3.8, 4) is 0 Å². The summed E-state index contributed by atoms with van der Waals surface area (Å²) in [4.78, 5) is 17.8. The Balaban J connectivity index is 1.89. The summed E-state index contributed by atoms with van der Waals surface area (Å²) >= 11 is 1.62. The Kier molecular flexibility index (Phi) is 3.90. The first kappa shape index (κ1) is 14.7. The standard InChI is InChI=1S/C17H16N2O2S/c1-10-4-6-13(22-3)9-14(10)17(20)19-12-5-7-16-15(8-12)18-11(2)21-16/h4-9H,1-3H3,(H,19,20). The number of anilines is 1. The first-order valence-corrected chi connectivity index (χ1v) is 8.12. The molecule has 0 unspecified atom stereocenters. The molecule has 1 amide bonds. The van der Waals surface area contributed by atoms with E-state index in [1.165, 1.54) is 0 Å². The summed E-state index contributed by atoms with van der Waals surface area (Å²) in [7, 11) is 0. The average Bonchev–Trinajstić information content (AvgIpc) is 2.87. The maximum Gasteiger partial charge on any atom is 0.255 e. The van der Waals surface area contributed by atoms with Crippen molar-refractivity contribution in [1.82, 2.24) is 4.98 Å². The summed E-state index contributed by atoms with van der Waals surface area (Å²) in [5.74, 6) is 0.495. The maximum atomic E-state index is 12.5. The molecule has 1 aromatic heterocycles. The van der Waals surface area contributed by atoms with Crippen LogP contribution < -0.4 is 5.32 Å². The molecular formula is C17H16N2O2S. The normalized spacial score (nSPS) is 10.9. The number of oxazole rings is 1. The van der Waals surface area contributed by atoms with Crippen LogP contribution in [0.2, 0.25) is 0 Å². The molecule has 3 rings (SSSR count). The van der Waals surface area contributed by atoms with E-state index in [1.54, 1.807) is 18.7 Å². The molecule has 1 N–H and O–H groups in total. The van der Waals surface area contributed by atoms with Gasteiger partial charge in [0.25, 0.3) is 5.91 Å². The van der Waals surface area contributed by atoms with Gasteiger partial charge in [0, 0.05) is 23.1 Å². The van der Waals surface area contributed by atoms with E-state index in [-0.39, 0.29) is 5.91 Å². The third kappa shape index (κ3) is 2.85. The highest BCUT2D eigenvalue weighted by Crippen LogP contribution is 2.22. The van der Waals surface area contributed by atoms with Crippen LogP contribution in [0, 0.1) is 13.8 Å². The average molecular weight is 312 g/mol. The molecule has 0 spiro atoms. The van der Waals surface area contributed by atoms with Crippen molar-refractivity contribution < 1.29 is 9.21 Å². The summed E-state index contributed by atoms with van der Waals surface area (Å²) in [6.45, 7) is 3.73. The van der Waals surface area contributed by atoms with Gasteiger partial charge in [-0.25, -0.2) is 4.98 Å². The Hall–Kier alpha value is -2.27. The van der Waals surface area contributed by atoms with Gasteiger partial charge in [0.15, 0.2) is 11.5 Å². The van der Waals surface area contributed by atoms with Gasteiger partial charge < -0.3 is 9.73 Å². The molecule has 1 heterocycles. The highest BCUT2D eigenvalue weighted by Gasteiger charge is 2.11. The molecule has 3 aromatic rings. The number of aryl methyl sites for hydroxylation is 2. The molecule has 0 bridgehead atoms. The zero-order valence-electron chi connectivity index (χ0n) is 12.6. The van der Waals surface area contributed by atoms with Crippen LogP contribution in [-0.4, -0.2) is 17.1 Å². The minimum absolute atomic E-state index is 0.118. The van der Waals surface area contributed by atoms with E-state index in [2.05, 4.69) is 10.3 Å². The van der Waals surface area contributed by atoms with Crippen molar-refractivity contribution in [1.29, 1.82) is 0 Å². The van der Waals surface area contributed by atoms with E-state index < -0.39 is 0 Å². The van der Waals surface area contributed by atoms with Crippen molar-refractivity contribution in [2.75, 3.05) is 11.6 Å². The zero-order valence-corrected chi connectivity index (χ0v) is 13.5. The van der Waals surface area contributed by atoms with Crippen LogP contribution in [0.4, 0.5) is 5.69 Å². The van der Waals surface area contributed by atoms with E-state index in [4.69, 9.17) is 4.42 Å². The van der Waals surface area contributed by atoms with Gasteiger partial charge in [0.2, 0.25) is 0 Å². The van der Waals surface area contributed by atoms with Crippen LogP contribution in [0.3, 0.4) is 0 Å². The number of hydrogen-bond acceptors (Lipinski definition) is 4. The molecular weight excluding hydrogens is 296 g/mol. The van der Waals surface area contributed by atoms with Crippen LogP contribution in [0.1, 0.15) is 21.8 Å². The minimum atomic E-state index is -0.118. The van der Waals surface area contributed by atoms with Gasteiger partial charge >= 0.3 is 0 Å². The second kappa shape index (κ2) is 5.85. The Morgan fingerprint density at radius 2 is 2.00 bits per heavy atom. The van der Waals surface area contributed by atoms with Crippen LogP contribution in [-0.2, 0) is 0 Å². The first-order chi connectivity index (χ1) is 10.6. The maximum absolute atomic E-state index is 12.5. The number of aromatic nitrogens is 1. The van der Waals surface area contributed by atoms with Crippen LogP contribution in [0.5, 0.6) is 0 Å². The van der Waals surface area contributed by atoms with Gasteiger partial charge in [-0.1, -0.05) is 6.07 Å². The number of fused-ring (bicyclic) bond motifs is 1. The van der Waals surface area contributed by atoms with E-state index >= 15 is 0 Å². The molecule has 0 atom stereocenters. The number of nitrogens with zero attached hydrogens (tertiary/aromatic N) is 1. The van der Waals surface area contributed by atoms with E-state index in [1.807, 2.05) is 49.6 Å². The topological polar surface area (TPSA) is 55.1 Å². The van der Waals surface area contributed by atoms with Gasteiger partial charge in [-0.2, -0.15) is 0 Å². The van der Waals surface area contributed by atoms with Crippen LogP contribution >= 0.6 is 11.8 Å². The van der Waals surface area contributed by atoms with Crippen molar-refractivity contribution in [2.45, 2.75) is 18.7 Å². The Morgan fingerprint density at radius 3 is 2.77 bits per heavy atom. The lowest BCUT2D eigenvalue weighted by atomic mass is 10.1. The zero-order chi connectivity index (χ0) is 15.7. The number of thioether (sulfide) groups is 1. The smallest absolute Gasteiger partial charge is 0.255 e. The molecule has 4 nitrogen and oxygen atoms in total. The van der Waals surface area contributed by atoms with Gasteiger partial charge in [-0.15, -0.1) is 11.8 Å². The van der Waals surface area contributed by atoms with Gasteiger partial charge in [0.1, 0.15) is 5.52 Å². The second-order valence-electron chi connectivity index (χ2n) is 5.05.